The number of hydrogen-bond donors (Lipinski definition) is 1. The summed E-state index contributed by atoms with van der Waals surface area (Å²) >= 11 is 3.53. The van der Waals surface area contributed by atoms with E-state index >= 15 is 0 Å². The first-order chi connectivity index (χ1) is 8.99. The van der Waals surface area contributed by atoms with E-state index in [9.17, 15) is 0 Å². The minimum absolute atomic E-state index is 0.596. The van der Waals surface area contributed by atoms with Crippen LogP contribution in [0.3, 0.4) is 0 Å². The molecule has 1 rings (SSSR count). The first-order valence-electron chi connectivity index (χ1n) is 7.14. The zero-order valence-electron chi connectivity index (χ0n) is 12.6. The average Bonchev–Trinajstić information content (AvgIpc) is 2.34. The van der Waals surface area contributed by atoms with Crippen LogP contribution in [0, 0.1) is 5.92 Å². The molecule has 108 valence electrons. The summed E-state index contributed by atoms with van der Waals surface area (Å²) in [5.41, 5.74) is 1.36. The highest BCUT2D eigenvalue weighted by Crippen LogP contribution is 2.14. The molecule has 0 aliphatic rings. The summed E-state index contributed by atoms with van der Waals surface area (Å²) in [4.78, 5) is 2.42. The lowest BCUT2D eigenvalue weighted by molar-refractivity contribution is 0.236. The first kappa shape index (κ1) is 16.7. The van der Waals surface area contributed by atoms with E-state index in [1.165, 1.54) is 12.0 Å². The summed E-state index contributed by atoms with van der Waals surface area (Å²) < 4.78 is 1.16. The Balaban J connectivity index is 2.30. The van der Waals surface area contributed by atoms with Gasteiger partial charge in [0.05, 0.1) is 0 Å². The molecule has 1 aromatic rings. The Morgan fingerprint density at radius 2 is 2.00 bits per heavy atom. The van der Waals surface area contributed by atoms with Crippen molar-refractivity contribution in [3.63, 3.8) is 0 Å². The van der Waals surface area contributed by atoms with E-state index in [-0.39, 0.29) is 0 Å². The van der Waals surface area contributed by atoms with Gasteiger partial charge in [-0.2, -0.15) is 0 Å². The van der Waals surface area contributed by atoms with Crippen molar-refractivity contribution in [3.8, 4) is 0 Å². The van der Waals surface area contributed by atoms with Gasteiger partial charge in [0.1, 0.15) is 0 Å². The van der Waals surface area contributed by atoms with Crippen molar-refractivity contribution in [2.75, 3.05) is 20.1 Å². The topological polar surface area (TPSA) is 15.3 Å². The Bertz CT molecular complexity index is 366. The Morgan fingerprint density at radius 3 is 2.63 bits per heavy atom. The van der Waals surface area contributed by atoms with E-state index in [0.29, 0.717) is 6.04 Å². The number of benzene rings is 1. The number of nitrogens with zero attached hydrogens (tertiary/aromatic N) is 1. The molecule has 1 unspecified atom stereocenters. The summed E-state index contributed by atoms with van der Waals surface area (Å²) in [6.45, 7) is 10.0. The van der Waals surface area contributed by atoms with E-state index < -0.39 is 0 Å². The van der Waals surface area contributed by atoms with Gasteiger partial charge in [0.25, 0.3) is 0 Å². The van der Waals surface area contributed by atoms with Gasteiger partial charge in [-0.15, -0.1) is 0 Å². The van der Waals surface area contributed by atoms with Crippen LogP contribution in [-0.4, -0.2) is 31.1 Å². The molecule has 1 atom stereocenters. The van der Waals surface area contributed by atoms with Gasteiger partial charge in [0.15, 0.2) is 0 Å². The maximum atomic E-state index is 3.53. The van der Waals surface area contributed by atoms with Gasteiger partial charge in [-0.3, -0.25) is 4.90 Å². The van der Waals surface area contributed by atoms with Crippen molar-refractivity contribution in [1.29, 1.82) is 0 Å². The van der Waals surface area contributed by atoms with Crippen molar-refractivity contribution >= 4 is 15.9 Å². The van der Waals surface area contributed by atoms with Crippen LogP contribution in [0.1, 0.15) is 32.8 Å². The first-order valence-corrected chi connectivity index (χ1v) is 7.93. The number of nitrogens with one attached hydrogen (secondary N) is 1. The van der Waals surface area contributed by atoms with E-state index in [1.54, 1.807) is 0 Å². The quantitative estimate of drug-likeness (QED) is 0.729. The van der Waals surface area contributed by atoms with Crippen molar-refractivity contribution in [2.24, 2.45) is 5.92 Å². The maximum Gasteiger partial charge on any atom is 0.0233 e. The number of rotatable bonds is 8. The molecule has 0 aliphatic heterocycles. The molecular formula is C16H27BrN2. The van der Waals surface area contributed by atoms with Gasteiger partial charge in [0, 0.05) is 17.1 Å². The van der Waals surface area contributed by atoms with Crippen LogP contribution in [0.4, 0.5) is 0 Å². The highest BCUT2D eigenvalue weighted by atomic mass is 79.9. The van der Waals surface area contributed by atoms with Gasteiger partial charge < -0.3 is 5.32 Å². The summed E-state index contributed by atoms with van der Waals surface area (Å²) in [5, 5.41) is 3.51. The van der Waals surface area contributed by atoms with Gasteiger partial charge in [0.2, 0.25) is 0 Å². The molecule has 1 N–H and O–H groups in total. The molecule has 0 amide bonds. The fraction of sp³-hybridized carbons (Fsp3) is 0.625. The zero-order chi connectivity index (χ0) is 14.3. The lowest BCUT2D eigenvalue weighted by Crippen LogP contribution is -2.32. The zero-order valence-corrected chi connectivity index (χ0v) is 14.2. The second-order valence-corrected chi connectivity index (χ2v) is 6.70. The minimum atomic E-state index is 0.596. The SMILES string of the molecule is CC(C)CNCCC(C)N(C)Cc1cccc(Br)c1. The van der Waals surface area contributed by atoms with Crippen molar-refractivity contribution in [1.82, 2.24) is 10.2 Å². The van der Waals surface area contributed by atoms with Gasteiger partial charge >= 0.3 is 0 Å². The van der Waals surface area contributed by atoms with Crippen LogP contribution in [-0.2, 0) is 6.54 Å². The van der Waals surface area contributed by atoms with E-state index in [1.807, 2.05) is 0 Å². The Labute approximate surface area is 126 Å². The monoisotopic (exact) mass is 326 g/mol. The second kappa shape index (κ2) is 8.72. The number of hydrogen-bond acceptors (Lipinski definition) is 2. The lowest BCUT2D eigenvalue weighted by atomic mass is 10.1. The van der Waals surface area contributed by atoms with Crippen LogP contribution >= 0.6 is 15.9 Å². The van der Waals surface area contributed by atoms with Crippen LogP contribution < -0.4 is 5.32 Å². The molecule has 0 bridgehead atoms. The molecule has 3 heteroatoms. The summed E-state index contributed by atoms with van der Waals surface area (Å²) in [5.74, 6) is 0.731. The normalized spacial score (nSPS) is 13.2. The second-order valence-electron chi connectivity index (χ2n) is 5.78. The Kier molecular flexibility index (Phi) is 7.66. The molecule has 19 heavy (non-hydrogen) atoms. The molecule has 0 aliphatic carbocycles. The molecule has 0 heterocycles. The predicted molar refractivity (Wildman–Crippen MR) is 87.4 cm³/mol. The van der Waals surface area contributed by atoms with Crippen LogP contribution in [0.15, 0.2) is 28.7 Å². The molecule has 2 nitrogen and oxygen atoms in total. The minimum Gasteiger partial charge on any atom is -0.316 e. The highest BCUT2D eigenvalue weighted by Gasteiger charge is 2.09. The summed E-state index contributed by atoms with van der Waals surface area (Å²) in [7, 11) is 2.20. The van der Waals surface area contributed by atoms with Gasteiger partial charge in [-0.25, -0.2) is 0 Å². The third-order valence-corrected chi connectivity index (χ3v) is 3.86. The molecular weight excluding hydrogens is 300 g/mol. The third-order valence-electron chi connectivity index (χ3n) is 3.36. The Morgan fingerprint density at radius 1 is 1.26 bits per heavy atom. The number of halogens is 1. The Hall–Kier alpha value is -0.380. The highest BCUT2D eigenvalue weighted by molar-refractivity contribution is 9.10. The van der Waals surface area contributed by atoms with Crippen molar-refractivity contribution < 1.29 is 0 Å². The lowest BCUT2D eigenvalue weighted by Gasteiger charge is -2.25. The molecule has 0 fully saturated rings. The predicted octanol–water partition coefficient (Wildman–Crippen LogP) is 3.91. The van der Waals surface area contributed by atoms with E-state index in [2.05, 4.69) is 78.2 Å². The maximum absolute atomic E-state index is 3.53. The van der Waals surface area contributed by atoms with E-state index in [0.717, 1.165) is 30.0 Å². The molecule has 0 saturated carbocycles. The standard InChI is InChI=1S/C16H27BrN2/c1-13(2)11-18-9-8-14(3)19(4)12-15-6-5-7-16(17)10-15/h5-7,10,13-14,18H,8-9,11-12H2,1-4H3. The summed E-state index contributed by atoms with van der Waals surface area (Å²) in [6.07, 6.45) is 1.19. The summed E-state index contributed by atoms with van der Waals surface area (Å²) in [6, 6.07) is 9.15. The molecule has 0 spiro atoms. The molecule has 0 saturated heterocycles. The van der Waals surface area contributed by atoms with Crippen molar-refractivity contribution in [2.45, 2.75) is 39.8 Å². The fourth-order valence-corrected chi connectivity index (χ4v) is 2.45. The molecule has 0 radical (unpaired) electrons. The fourth-order valence-electron chi connectivity index (χ4n) is 2.00. The third kappa shape index (κ3) is 7.09. The average molecular weight is 327 g/mol. The van der Waals surface area contributed by atoms with Gasteiger partial charge in [-0.1, -0.05) is 41.9 Å². The molecule has 1 aromatic carbocycles. The van der Waals surface area contributed by atoms with Crippen LogP contribution in [0.25, 0.3) is 0 Å². The smallest absolute Gasteiger partial charge is 0.0233 e. The molecule has 0 aromatic heterocycles. The van der Waals surface area contributed by atoms with Crippen molar-refractivity contribution in [3.05, 3.63) is 34.3 Å². The van der Waals surface area contributed by atoms with Crippen LogP contribution in [0.5, 0.6) is 0 Å². The van der Waals surface area contributed by atoms with E-state index in [4.69, 9.17) is 0 Å². The van der Waals surface area contributed by atoms with Gasteiger partial charge in [-0.05, 0) is 57.1 Å². The largest absolute Gasteiger partial charge is 0.316 e. The van der Waals surface area contributed by atoms with Crippen LogP contribution in [0.2, 0.25) is 0 Å².